The first-order valence-corrected chi connectivity index (χ1v) is 11.6. The molecule has 150 valence electrons. The van der Waals surface area contributed by atoms with Gasteiger partial charge < -0.3 is 0 Å². The van der Waals surface area contributed by atoms with Gasteiger partial charge in [0.15, 0.2) is 0 Å². The van der Waals surface area contributed by atoms with Crippen LogP contribution in [0.5, 0.6) is 0 Å². The molecule has 0 bridgehead atoms. The predicted octanol–water partition coefficient (Wildman–Crippen LogP) is 7.99. The smallest absolute Gasteiger partial charge is 0.0233 e. The monoisotopic (exact) mass is 359 g/mol. The second-order valence-corrected chi connectivity index (χ2v) is 8.00. The fraction of sp³-hybridized carbons (Fsp3) is 0.760. The van der Waals surface area contributed by atoms with E-state index < -0.39 is 0 Å². The maximum Gasteiger partial charge on any atom is 0.0233 e. The molecule has 1 heteroatoms. The highest BCUT2D eigenvalue weighted by atomic mass is 15.1. The Hall–Kier alpha value is -0.820. The molecular formula is C25H45N. The molecule has 1 aromatic carbocycles. The molecular weight excluding hydrogens is 314 g/mol. The lowest BCUT2D eigenvalue weighted by atomic mass is 10.1. The van der Waals surface area contributed by atoms with Crippen LogP contribution in [0.4, 0.5) is 0 Å². The molecule has 1 nitrogen and oxygen atoms in total. The highest BCUT2D eigenvalue weighted by molar-refractivity contribution is 5.14. The largest absolute Gasteiger partial charge is 0.299 e. The summed E-state index contributed by atoms with van der Waals surface area (Å²) in [5.41, 5.74) is 1.47. The van der Waals surface area contributed by atoms with Crippen LogP contribution in [0.3, 0.4) is 0 Å². The fourth-order valence-electron chi connectivity index (χ4n) is 3.70. The van der Waals surface area contributed by atoms with Gasteiger partial charge in [0.05, 0.1) is 0 Å². The number of nitrogens with zero attached hydrogens (tertiary/aromatic N) is 1. The Morgan fingerprint density at radius 2 is 0.962 bits per heavy atom. The van der Waals surface area contributed by atoms with Crippen LogP contribution in [0.25, 0.3) is 0 Å². The molecule has 0 heterocycles. The summed E-state index contributed by atoms with van der Waals surface area (Å²) in [7, 11) is 0. The lowest BCUT2D eigenvalue weighted by Crippen LogP contribution is -2.25. The van der Waals surface area contributed by atoms with Crippen molar-refractivity contribution in [1.82, 2.24) is 4.90 Å². The second-order valence-electron chi connectivity index (χ2n) is 8.00. The van der Waals surface area contributed by atoms with Crippen LogP contribution in [0.15, 0.2) is 30.3 Å². The zero-order chi connectivity index (χ0) is 18.7. The highest BCUT2D eigenvalue weighted by Gasteiger charge is 2.06. The number of unbranched alkanes of at least 4 members (excludes halogenated alkanes) is 12. The summed E-state index contributed by atoms with van der Waals surface area (Å²) in [6.45, 7) is 8.28. The van der Waals surface area contributed by atoms with E-state index in [-0.39, 0.29) is 0 Å². The summed E-state index contributed by atoms with van der Waals surface area (Å²) >= 11 is 0. The van der Waals surface area contributed by atoms with E-state index in [9.17, 15) is 0 Å². The standard InChI is InChI=1S/C25H45N/c1-3-5-7-9-11-13-18-22-26(24-25-20-16-15-17-21-25)23-19-14-12-10-8-6-4-2/h15-17,20-21H,3-14,18-19,22-24H2,1-2H3. The molecule has 0 atom stereocenters. The molecule has 0 aliphatic carbocycles. The van der Waals surface area contributed by atoms with Crippen LogP contribution in [-0.4, -0.2) is 18.0 Å². The first-order chi connectivity index (χ1) is 12.9. The number of rotatable bonds is 18. The average molecular weight is 360 g/mol. The molecule has 0 saturated heterocycles. The van der Waals surface area contributed by atoms with Crippen molar-refractivity contribution < 1.29 is 0 Å². The molecule has 0 spiro atoms. The van der Waals surface area contributed by atoms with Crippen molar-refractivity contribution in [3.05, 3.63) is 35.9 Å². The third-order valence-electron chi connectivity index (χ3n) is 5.40. The minimum absolute atomic E-state index is 1.13. The summed E-state index contributed by atoms with van der Waals surface area (Å²) in [5.74, 6) is 0. The maximum absolute atomic E-state index is 2.70. The van der Waals surface area contributed by atoms with E-state index in [0.29, 0.717) is 0 Å². The van der Waals surface area contributed by atoms with Gasteiger partial charge in [-0.15, -0.1) is 0 Å². The van der Waals surface area contributed by atoms with Crippen LogP contribution in [0.2, 0.25) is 0 Å². The minimum atomic E-state index is 1.13. The van der Waals surface area contributed by atoms with Gasteiger partial charge in [-0.2, -0.15) is 0 Å². The van der Waals surface area contributed by atoms with E-state index >= 15 is 0 Å². The summed E-state index contributed by atoms with van der Waals surface area (Å²) < 4.78 is 0. The SMILES string of the molecule is CCCCCCCCCN(CCCCCCCCC)Cc1ccccc1. The van der Waals surface area contributed by atoms with E-state index in [1.54, 1.807) is 0 Å². The molecule has 26 heavy (non-hydrogen) atoms. The average Bonchev–Trinajstić information content (AvgIpc) is 2.67. The molecule has 0 radical (unpaired) electrons. The third kappa shape index (κ3) is 13.4. The van der Waals surface area contributed by atoms with E-state index in [4.69, 9.17) is 0 Å². The molecule has 0 fully saturated rings. The maximum atomic E-state index is 2.70. The molecule has 0 amide bonds. The van der Waals surface area contributed by atoms with Crippen molar-refractivity contribution in [2.75, 3.05) is 13.1 Å². The topological polar surface area (TPSA) is 3.24 Å². The molecule has 1 aromatic rings. The molecule has 1 rings (SSSR count). The van der Waals surface area contributed by atoms with Gasteiger partial charge in [-0.1, -0.05) is 121 Å². The summed E-state index contributed by atoms with van der Waals surface area (Å²) in [5, 5.41) is 0. The Bertz CT molecular complexity index is 368. The fourth-order valence-corrected chi connectivity index (χ4v) is 3.70. The zero-order valence-corrected chi connectivity index (χ0v) is 17.9. The normalized spacial score (nSPS) is 11.3. The van der Waals surface area contributed by atoms with Crippen LogP contribution >= 0.6 is 0 Å². The lowest BCUT2D eigenvalue weighted by molar-refractivity contribution is 0.252. The molecule has 0 aliphatic rings. The minimum Gasteiger partial charge on any atom is -0.299 e. The predicted molar refractivity (Wildman–Crippen MR) is 118 cm³/mol. The van der Waals surface area contributed by atoms with E-state index in [0.717, 1.165) is 6.54 Å². The number of hydrogen-bond acceptors (Lipinski definition) is 1. The zero-order valence-electron chi connectivity index (χ0n) is 17.9. The summed E-state index contributed by atoms with van der Waals surface area (Å²) in [6, 6.07) is 11.0. The Morgan fingerprint density at radius 3 is 1.42 bits per heavy atom. The third-order valence-corrected chi connectivity index (χ3v) is 5.40. The quantitative estimate of drug-likeness (QED) is 0.240. The second kappa shape index (κ2) is 17.6. The van der Waals surface area contributed by atoms with Crippen LogP contribution in [0, 0.1) is 0 Å². The van der Waals surface area contributed by atoms with Crippen molar-refractivity contribution in [2.45, 2.75) is 110 Å². The van der Waals surface area contributed by atoms with Crippen molar-refractivity contribution in [1.29, 1.82) is 0 Å². The highest BCUT2D eigenvalue weighted by Crippen LogP contribution is 2.12. The first-order valence-electron chi connectivity index (χ1n) is 11.6. The summed E-state index contributed by atoms with van der Waals surface area (Å²) in [6.07, 6.45) is 19.7. The van der Waals surface area contributed by atoms with E-state index in [1.807, 2.05) is 0 Å². The Labute approximate surface area is 164 Å². The molecule has 0 saturated carbocycles. The van der Waals surface area contributed by atoms with Crippen LogP contribution < -0.4 is 0 Å². The van der Waals surface area contributed by atoms with Crippen LogP contribution in [0.1, 0.15) is 109 Å². The molecule has 0 aromatic heterocycles. The molecule has 0 unspecified atom stereocenters. The van der Waals surface area contributed by atoms with Crippen molar-refractivity contribution in [3.8, 4) is 0 Å². The van der Waals surface area contributed by atoms with Gasteiger partial charge >= 0.3 is 0 Å². The van der Waals surface area contributed by atoms with E-state index in [2.05, 4.69) is 49.1 Å². The van der Waals surface area contributed by atoms with Crippen molar-refractivity contribution in [3.63, 3.8) is 0 Å². The molecule has 0 aliphatic heterocycles. The van der Waals surface area contributed by atoms with Crippen molar-refractivity contribution >= 4 is 0 Å². The van der Waals surface area contributed by atoms with Gasteiger partial charge in [0.1, 0.15) is 0 Å². The molecule has 0 N–H and O–H groups in total. The Balaban J connectivity index is 2.21. The van der Waals surface area contributed by atoms with Crippen LogP contribution in [-0.2, 0) is 6.54 Å². The van der Waals surface area contributed by atoms with Gasteiger partial charge in [0, 0.05) is 6.54 Å². The summed E-state index contributed by atoms with van der Waals surface area (Å²) in [4.78, 5) is 2.70. The number of hydrogen-bond donors (Lipinski definition) is 0. The Morgan fingerprint density at radius 1 is 0.538 bits per heavy atom. The lowest BCUT2D eigenvalue weighted by Gasteiger charge is -2.22. The van der Waals surface area contributed by atoms with Gasteiger partial charge in [-0.3, -0.25) is 4.90 Å². The Kier molecular flexibility index (Phi) is 15.7. The number of benzene rings is 1. The van der Waals surface area contributed by atoms with Crippen molar-refractivity contribution in [2.24, 2.45) is 0 Å². The van der Waals surface area contributed by atoms with Gasteiger partial charge in [-0.25, -0.2) is 0 Å². The van der Waals surface area contributed by atoms with Gasteiger partial charge in [0.25, 0.3) is 0 Å². The van der Waals surface area contributed by atoms with Gasteiger partial charge in [0.2, 0.25) is 0 Å². The van der Waals surface area contributed by atoms with E-state index in [1.165, 1.54) is 109 Å². The first kappa shape index (κ1) is 23.2. The van der Waals surface area contributed by atoms with Gasteiger partial charge in [-0.05, 0) is 31.5 Å².